The van der Waals surface area contributed by atoms with Gasteiger partial charge in [-0.05, 0) is 31.9 Å². The molecule has 180 valence electrons. The predicted molar refractivity (Wildman–Crippen MR) is 137 cm³/mol. The lowest BCUT2D eigenvalue weighted by Gasteiger charge is -2.15. The fourth-order valence-electron chi connectivity index (χ4n) is 4.08. The third-order valence-electron chi connectivity index (χ3n) is 5.66. The Hall–Kier alpha value is -4.62. The van der Waals surface area contributed by atoms with Gasteiger partial charge < -0.3 is 11.1 Å². The Labute approximate surface area is 208 Å². The third-order valence-corrected chi connectivity index (χ3v) is 5.66. The van der Waals surface area contributed by atoms with Gasteiger partial charge in [0.25, 0.3) is 0 Å². The molecule has 4 heterocycles. The van der Waals surface area contributed by atoms with Crippen LogP contribution in [0, 0.1) is 11.3 Å². The highest BCUT2D eigenvalue weighted by Crippen LogP contribution is 2.29. The number of nitriles is 1. The van der Waals surface area contributed by atoms with Crippen LogP contribution in [-0.4, -0.2) is 46.8 Å². The Kier molecular flexibility index (Phi) is 6.38. The maximum Gasteiger partial charge on any atom is 0.164 e. The second-order valence-corrected chi connectivity index (χ2v) is 8.97. The minimum atomic E-state index is -0.0853. The van der Waals surface area contributed by atoms with Crippen LogP contribution in [0.25, 0.3) is 28.1 Å². The molecule has 0 aliphatic carbocycles. The average Bonchev–Trinajstić information content (AvgIpc) is 3.50. The molecular formula is C26H26N10. The highest BCUT2D eigenvalue weighted by molar-refractivity contribution is 5.79. The zero-order valence-electron chi connectivity index (χ0n) is 20.1. The maximum absolute atomic E-state index is 9.14. The van der Waals surface area contributed by atoms with E-state index >= 15 is 0 Å². The fourth-order valence-corrected chi connectivity index (χ4v) is 4.08. The lowest BCUT2D eigenvalue weighted by molar-refractivity contribution is 0.496. The van der Waals surface area contributed by atoms with Gasteiger partial charge in [-0.2, -0.15) is 15.0 Å². The van der Waals surface area contributed by atoms with E-state index in [0.29, 0.717) is 29.3 Å². The molecule has 0 aliphatic rings. The van der Waals surface area contributed by atoms with Gasteiger partial charge in [0.2, 0.25) is 0 Å². The van der Waals surface area contributed by atoms with Crippen LogP contribution in [0.5, 0.6) is 0 Å². The number of nitrogens with one attached hydrogen (secondary N) is 1. The van der Waals surface area contributed by atoms with E-state index in [1.807, 2.05) is 30.5 Å². The first-order valence-electron chi connectivity index (χ1n) is 11.7. The summed E-state index contributed by atoms with van der Waals surface area (Å²) in [5, 5.41) is 26.5. The molecule has 0 unspecified atom stereocenters. The molecule has 5 aromatic rings. The van der Waals surface area contributed by atoms with Crippen molar-refractivity contribution in [2.75, 3.05) is 5.32 Å². The normalized spacial score (nSPS) is 12.1. The van der Waals surface area contributed by atoms with Gasteiger partial charge in [-0.3, -0.25) is 4.68 Å². The summed E-state index contributed by atoms with van der Waals surface area (Å²) in [6.45, 7) is 4.69. The standard InChI is InChI=1S/C26H26N10/c1-17(2)32-23-10-25(36-26-20(13-31-36)8-19(11-27)12-30-26)29-14-22(23)24-16-35(34-33-24)15-21(28)9-18-6-4-3-5-7-18/h3-8,10,12-14,16-17,21H,9,15,28H2,1-2H3,(H,29,32)/t21-/m0/s1. The van der Waals surface area contributed by atoms with Gasteiger partial charge >= 0.3 is 0 Å². The van der Waals surface area contributed by atoms with E-state index in [4.69, 9.17) is 11.0 Å². The number of hydrogen-bond acceptors (Lipinski definition) is 8. The molecule has 0 saturated carbocycles. The summed E-state index contributed by atoms with van der Waals surface area (Å²) in [6, 6.07) is 16.0. The Morgan fingerprint density at radius 3 is 2.69 bits per heavy atom. The van der Waals surface area contributed by atoms with E-state index in [0.717, 1.165) is 23.1 Å². The smallest absolute Gasteiger partial charge is 0.164 e. The number of anilines is 1. The largest absolute Gasteiger partial charge is 0.382 e. The topological polar surface area (TPSA) is 136 Å². The van der Waals surface area contributed by atoms with Crippen molar-refractivity contribution in [2.24, 2.45) is 5.73 Å². The quantitative estimate of drug-likeness (QED) is 0.347. The lowest BCUT2D eigenvalue weighted by atomic mass is 10.1. The van der Waals surface area contributed by atoms with Crippen molar-refractivity contribution in [3.05, 3.63) is 78.4 Å². The number of hydrogen-bond donors (Lipinski definition) is 2. The number of nitrogens with zero attached hydrogens (tertiary/aromatic N) is 8. The minimum absolute atomic E-state index is 0.0853. The molecule has 0 saturated heterocycles. The second-order valence-electron chi connectivity index (χ2n) is 8.97. The van der Waals surface area contributed by atoms with Crippen molar-refractivity contribution in [2.45, 2.75) is 38.9 Å². The van der Waals surface area contributed by atoms with Crippen molar-refractivity contribution in [3.63, 3.8) is 0 Å². The molecule has 0 spiro atoms. The lowest BCUT2D eigenvalue weighted by Crippen LogP contribution is -2.28. The molecule has 0 bridgehead atoms. The molecular weight excluding hydrogens is 452 g/mol. The van der Waals surface area contributed by atoms with E-state index in [2.05, 4.69) is 62.7 Å². The van der Waals surface area contributed by atoms with Gasteiger partial charge in [0.15, 0.2) is 11.5 Å². The number of nitrogens with two attached hydrogens (primary N) is 1. The Morgan fingerprint density at radius 1 is 1.08 bits per heavy atom. The number of fused-ring (bicyclic) bond motifs is 1. The van der Waals surface area contributed by atoms with Crippen molar-refractivity contribution < 1.29 is 0 Å². The van der Waals surface area contributed by atoms with Gasteiger partial charge in [0.05, 0.1) is 24.5 Å². The molecule has 4 aromatic heterocycles. The molecule has 36 heavy (non-hydrogen) atoms. The van der Waals surface area contributed by atoms with Crippen LogP contribution in [0.3, 0.4) is 0 Å². The average molecular weight is 479 g/mol. The maximum atomic E-state index is 9.14. The van der Waals surface area contributed by atoms with Crippen LogP contribution in [0.2, 0.25) is 0 Å². The summed E-state index contributed by atoms with van der Waals surface area (Å²) < 4.78 is 3.43. The first kappa shape index (κ1) is 23.1. The summed E-state index contributed by atoms with van der Waals surface area (Å²) in [4.78, 5) is 9.04. The first-order valence-corrected chi connectivity index (χ1v) is 11.7. The zero-order chi connectivity index (χ0) is 25.1. The molecule has 0 aliphatic heterocycles. The van der Waals surface area contributed by atoms with Crippen LogP contribution >= 0.6 is 0 Å². The van der Waals surface area contributed by atoms with Crippen LogP contribution in [-0.2, 0) is 13.0 Å². The molecule has 10 heteroatoms. The van der Waals surface area contributed by atoms with Crippen LogP contribution < -0.4 is 11.1 Å². The first-order chi connectivity index (χ1) is 17.5. The number of rotatable bonds is 8. The molecule has 3 N–H and O–H groups in total. The summed E-state index contributed by atoms with van der Waals surface area (Å²) in [5.74, 6) is 0.603. The van der Waals surface area contributed by atoms with E-state index in [9.17, 15) is 0 Å². The molecule has 0 amide bonds. The number of benzene rings is 1. The molecule has 1 atom stereocenters. The summed E-state index contributed by atoms with van der Waals surface area (Å²) in [7, 11) is 0. The van der Waals surface area contributed by atoms with Gasteiger partial charge in [-0.15, -0.1) is 5.10 Å². The van der Waals surface area contributed by atoms with E-state index in [1.54, 1.807) is 27.8 Å². The molecule has 5 rings (SSSR count). The second kappa shape index (κ2) is 9.93. The predicted octanol–water partition coefficient (Wildman–Crippen LogP) is 3.34. The number of aromatic nitrogens is 7. The monoisotopic (exact) mass is 478 g/mol. The SMILES string of the molecule is CC(C)Nc1cc(-n2ncc3cc(C#N)cnc32)ncc1-c1cn(C[C@@H](N)Cc2ccccc2)nn1. The van der Waals surface area contributed by atoms with Crippen molar-refractivity contribution in [1.82, 2.24) is 34.7 Å². The summed E-state index contributed by atoms with van der Waals surface area (Å²) in [5.41, 5.74) is 11.1. The van der Waals surface area contributed by atoms with Crippen molar-refractivity contribution in [1.29, 1.82) is 5.26 Å². The fraction of sp³-hybridized carbons (Fsp3) is 0.231. The molecule has 0 fully saturated rings. The van der Waals surface area contributed by atoms with E-state index < -0.39 is 0 Å². The highest BCUT2D eigenvalue weighted by Gasteiger charge is 2.16. The van der Waals surface area contributed by atoms with Crippen LogP contribution in [0.4, 0.5) is 5.69 Å². The Morgan fingerprint density at radius 2 is 1.92 bits per heavy atom. The van der Waals surface area contributed by atoms with E-state index in [-0.39, 0.29) is 12.1 Å². The summed E-state index contributed by atoms with van der Waals surface area (Å²) in [6.07, 6.45) is 7.62. The highest BCUT2D eigenvalue weighted by atomic mass is 15.4. The Bertz CT molecular complexity index is 1530. The van der Waals surface area contributed by atoms with E-state index in [1.165, 1.54) is 11.8 Å². The van der Waals surface area contributed by atoms with Crippen LogP contribution in [0.1, 0.15) is 25.0 Å². The Balaban J connectivity index is 1.42. The molecule has 0 radical (unpaired) electrons. The van der Waals surface area contributed by atoms with Crippen LogP contribution in [0.15, 0.2) is 67.3 Å². The third kappa shape index (κ3) is 4.92. The minimum Gasteiger partial charge on any atom is -0.382 e. The van der Waals surface area contributed by atoms with Gasteiger partial charge in [-0.25, -0.2) is 9.97 Å². The van der Waals surface area contributed by atoms with Crippen molar-refractivity contribution >= 4 is 16.7 Å². The van der Waals surface area contributed by atoms with Gasteiger partial charge in [0.1, 0.15) is 11.8 Å². The molecule has 1 aromatic carbocycles. The van der Waals surface area contributed by atoms with Gasteiger partial charge in [-0.1, -0.05) is 35.5 Å². The molecule has 10 nitrogen and oxygen atoms in total. The zero-order valence-corrected chi connectivity index (χ0v) is 20.1. The number of pyridine rings is 2. The summed E-state index contributed by atoms with van der Waals surface area (Å²) >= 11 is 0. The van der Waals surface area contributed by atoms with Gasteiger partial charge in [0, 0.05) is 47.2 Å². The van der Waals surface area contributed by atoms with Crippen molar-refractivity contribution in [3.8, 4) is 23.1 Å².